The first-order valence-corrected chi connectivity index (χ1v) is 3.32. The Morgan fingerprint density at radius 1 is 1.64 bits per heavy atom. The van der Waals surface area contributed by atoms with Gasteiger partial charge in [0.25, 0.3) is 0 Å². The summed E-state index contributed by atoms with van der Waals surface area (Å²) in [6.45, 7) is -1.04. The van der Waals surface area contributed by atoms with E-state index in [1.165, 1.54) is 0 Å². The van der Waals surface area contributed by atoms with Crippen LogP contribution < -0.4 is 5.73 Å². The fourth-order valence-electron chi connectivity index (χ4n) is 0.438. The van der Waals surface area contributed by atoms with Crippen molar-refractivity contribution in [2.75, 3.05) is 20.4 Å². The van der Waals surface area contributed by atoms with Crippen LogP contribution in [-0.4, -0.2) is 37.9 Å². The maximum absolute atomic E-state index is 11.5. The molecule has 6 nitrogen and oxygen atoms in total. The largest absolute Gasteiger partial charge is 0.464 e. The first-order chi connectivity index (χ1) is 6.13. The molecule has 0 aromatic rings. The number of carbonyl (C=O) groups excluding carboxylic acids is 1. The Balaban J connectivity index is 0. The molecule has 0 aliphatic heterocycles. The topological polar surface area (TPSA) is 97.8 Å². The molecule has 14 heavy (non-hydrogen) atoms. The first kappa shape index (κ1) is 15.1. The van der Waals surface area contributed by atoms with Crippen molar-refractivity contribution in [2.24, 2.45) is 10.9 Å². The Labute approximate surface area is 86.1 Å². The fraction of sp³-hybridized carbons (Fsp3) is 0.500. The van der Waals surface area contributed by atoms with Gasteiger partial charge in [-0.05, 0) is 0 Å². The van der Waals surface area contributed by atoms with Crippen molar-refractivity contribution in [1.29, 1.82) is 5.41 Å². The van der Waals surface area contributed by atoms with Crippen molar-refractivity contribution in [1.82, 2.24) is 0 Å². The molecule has 0 saturated carbocycles. The van der Waals surface area contributed by atoms with E-state index in [2.05, 4.69) is 14.7 Å². The highest BCUT2D eigenvalue weighted by molar-refractivity contribution is 6.64. The number of rotatable bonds is 5. The van der Waals surface area contributed by atoms with Crippen LogP contribution in [0.15, 0.2) is 5.16 Å². The van der Waals surface area contributed by atoms with E-state index in [9.17, 15) is 9.18 Å². The molecule has 0 unspecified atom stereocenters. The second-order valence-corrected chi connectivity index (χ2v) is 1.87. The number of esters is 1. The van der Waals surface area contributed by atoms with Crippen molar-refractivity contribution in [3.63, 3.8) is 0 Å². The highest BCUT2D eigenvalue weighted by Gasteiger charge is 2.15. The van der Waals surface area contributed by atoms with Crippen LogP contribution in [0.25, 0.3) is 0 Å². The molecule has 0 radical (unpaired) electrons. The molecule has 8 heteroatoms. The third-order valence-electron chi connectivity index (χ3n) is 0.958. The highest BCUT2D eigenvalue weighted by atomic mass is 35.5. The van der Waals surface area contributed by atoms with Crippen LogP contribution in [0.4, 0.5) is 4.39 Å². The molecule has 3 N–H and O–H groups in total. The van der Waals surface area contributed by atoms with E-state index in [0.717, 1.165) is 7.11 Å². The number of ether oxygens (including phenoxy) is 1. The third-order valence-corrected chi connectivity index (χ3v) is 0.958. The zero-order valence-corrected chi connectivity index (χ0v) is 8.27. The van der Waals surface area contributed by atoms with Crippen molar-refractivity contribution in [3.8, 4) is 0 Å². The van der Waals surface area contributed by atoms with Crippen LogP contribution >= 0.6 is 12.4 Å². The Morgan fingerprint density at radius 2 is 2.21 bits per heavy atom. The van der Waals surface area contributed by atoms with Crippen LogP contribution in [0.1, 0.15) is 0 Å². The lowest BCUT2D eigenvalue weighted by atomic mass is 10.3. The van der Waals surface area contributed by atoms with Crippen molar-refractivity contribution in [2.45, 2.75) is 0 Å². The van der Waals surface area contributed by atoms with Crippen LogP contribution in [0.2, 0.25) is 0 Å². The molecule has 0 heterocycles. The molecule has 0 rings (SSSR count). The zero-order chi connectivity index (χ0) is 10.3. The SMILES string of the molecule is COC(=O)C(=NOCCF)C(=N)N.Cl. The molecule has 0 saturated heterocycles. The van der Waals surface area contributed by atoms with Gasteiger partial charge in [-0.15, -0.1) is 12.4 Å². The van der Waals surface area contributed by atoms with Gasteiger partial charge in [0.2, 0.25) is 5.71 Å². The number of hydrogen-bond acceptors (Lipinski definition) is 5. The normalized spacial score (nSPS) is 10.0. The summed E-state index contributed by atoms with van der Waals surface area (Å²) in [5.74, 6) is -1.49. The Hall–Kier alpha value is -1.37. The summed E-state index contributed by atoms with van der Waals surface area (Å²) in [5, 5.41) is 10.0. The minimum absolute atomic E-state index is 0. The number of alkyl halides is 1. The lowest BCUT2D eigenvalue weighted by molar-refractivity contribution is -0.132. The molecule has 0 spiro atoms. The van der Waals surface area contributed by atoms with Gasteiger partial charge in [-0.3, -0.25) is 5.41 Å². The summed E-state index contributed by atoms with van der Waals surface area (Å²) in [5.41, 5.74) is 4.50. The number of hydrogen-bond donors (Lipinski definition) is 2. The molecule has 0 fully saturated rings. The molecule has 0 aliphatic rings. The summed E-state index contributed by atoms with van der Waals surface area (Å²) < 4.78 is 15.8. The predicted octanol–water partition coefficient (Wildman–Crippen LogP) is -0.141. The van der Waals surface area contributed by atoms with Crippen molar-refractivity contribution in [3.05, 3.63) is 0 Å². The van der Waals surface area contributed by atoms with E-state index in [1.807, 2.05) is 0 Å². The predicted molar refractivity (Wildman–Crippen MR) is 50.5 cm³/mol. The lowest BCUT2D eigenvalue weighted by Crippen LogP contribution is -2.31. The molecule has 0 aliphatic carbocycles. The summed E-state index contributed by atoms with van der Waals surface area (Å²) in [6, 6.07) is 0. The molecular formula is C6H11ClFN3O3. The van der Waals surface area contributed by atoms with E-state index in [1.54, 1.807) is 0 Å². The van der Waals surface area contributed by atoms with E-state index in [4.69, 9.17) is 11.1 Å². The number of carbonyl (C=O) groups is 1. The minimum Gasteiger partial charge on any atom is -0.464 e. The van der Waals surface area contributed by atoms with Crippen LogP contribution in [0.5, 0.6) is 0 Å². The van der Waals surface area contributed by atoms with Gasteiger partial charge in [0, 0.05) is 0 Å². The minimum atomic E-state index is -0.897. The fourth-order valence-corrected chi connectivity index (χ4v) is 0.438. The highest BCUT2D eigenvalue weighted by Crippen LogP contribution is 1.86. The van der Waals surface area contributed by atoms with Gasteiger partial charge < -0.3 is 15.3 Å². The van der Waals surface area contributed by atoms with Crippen LogP contribution in [-0.2, 0) is 14.4 Å². The summed E-state index contributed by atoms with van der Waals surface area (Å²) >= 11 is 0. The number of nitrogens with zero attached hydrogens (tertiary/aromatic N) is 1. The van der Waals surface area contributed by atoms with Gasteiger partial charge in [0.05, 0.1) is 7.11 Å². The zero-order valence-electron chi connectivity index (χ0n) is 7.45. The van der Waals surface area contributed by atoms with Crippen molar-refractivity contribution >= 4 is 29.9 Å². The summed E-state index contributed by atoms with van der Waals surface area (Å²) in [4.78, 5) is 15.1. The second-order valence-electron chi connectivity index (χ2n) is 1.87. The van der Waals surface area contributed by atoms with Gasteiger partial charge >= 0.3 is 5.97 Å². The maximum Gasteiger partial charge on any atom is 0.363 e. The number of nitrogens with one attached hydrogen (secondary N) is 1. The van der Waals surface area contributed by atoms with Crippen LogP contribution in [0, 0.1) is 5.41 Å². The lowest BCUT2D eigenvalue weighted by Gasteiger charge is -2.01. The number of oxime groups is 1. The van der Waals surface area contributed by atoms with Gasteiger partial charge in [-0.2, -0.15) is 0 Å². The van der Waals surface area contributed by atoms with E-state index in [0.29, 0.717) is 0 Å². The van der Waals surface area contributed by atoms with E-state index >= 15 is 0 Å². The smallest absolute Gasteiger partial charge is 0.363 e. The third kappa shape index (κ3) is 5.31. The Morgan fingerprint density at radius 3 is 2.57 bits per heavy atom. The van der Waals surface area contributed by atoms with Gasteiger partial charge in [0.15, 0.2) is 5.84 Å². The van der Waals surface area contributed by atoms with Crippen LogP contribution in [0.3, 0.4) is 0 Å². The first-order valence-electron chi connectivity index (χ1n) is 3.32. The summed E-state index contributed by atoms with van der Waals surface area (Å²) in [6.07, 6.45) is 0. The average molecular weight is 228 g/mol. The average Bonchev–Trinajstić information content (AvgIpc) is 2.11. The molecule has 0 amide bonds. The molecular weight excluding hydrogens is 217 g/mol. The Bertz CT molecular complexity index is 234. The standard InChI is InChI=1S/C6H10FN3O3.ClH/c1-12-6(11)4(5(8)9)10-13-3-2-7;/h2-3H2,1H3,(H3,8,9);1H. The number of halogens is 2. The monoisotopic (exact) mass is 227 g/mol. The van der Waals surface area contributed by atoms with Gasteiger partial charge in [0.1, 0.15) is 13.3 Å². The number of nitrogens with two attached hydrogens (primary N) is 1. The molecule has 0 atom stereocenters. The number of amidine groups is 1. The molecule has 82 valence electrons. The Kier molecular flexibility index (Phi) is 8.90. The molecule has 0 aromatic heterocycles. The van der Waals surface area contributed by atoms with Gasteiger partial charge in [-0.1, -0.05) is 5.16 Å². The summed E-state index contributed by atoms with van der Waals surface area (Å²) in [7, 11) is 1.11. The second kappa shape index (κ2) is 8.24. The van der Waals surface area contributed by atoms with E-state index in [-0.39, 0.29) is 19.0 Å². The van der Waals surface area contributed by atoms with Crippen molar-refractivity contribution < 1.29 is 18.8 Å². The van der Waals surface area contributed by atoms with E-state index < -0.39 is 24.2 Å². The number of methoxy groups -OCH3 is 1. The molecule has 0 bridgehead atoms. The molecule has 0 aromatic carbocycles. The maximum atomic E-state index is 11.5. The quantitative estimate of drug-likeness (QED) is 0.225. The van der Waals surface area contributed by atoms with Gasteiger partial charge in [-0.25, -0.2) is 9.18 Å².